The number of rotatable bonds is 4. The molecule has 2 N–H and O–H groups in total. The van der Waals surface area contributed by atoms with E-state index < -0.39 is 11.6 Å². The number of amides is 1. The molecule has 0 bridgehead atoms. The lowest BCUT2D eigenvalue weighted by molar-refractivity contribution is -0.145. The van der Waals surface area contributed by atoms with E-state index in [1.807, 2.05) is 20.8 Å². The Kier molecular flexibility index (Phi) is 6.45. The molecular weight excluding hydrogens is 272 g/mol. The van der Waals surface area contributed by atoms with E-state index in [0.29, 0.717) is 32.0 Å². The van der Waals surface area contributed by atoms with Crippen molar-refractivity contribution in [3.05, 3.63) is 0 Å². The first kappa shape index (κ1) is 17.8. The van der Waals surface area contributed by atoms with Crippen LogP contribution in [0.1, 0.15) is 47.0 Å². The van der Waals surface area contributed by atoms with Crippen LogP contribution in [-0.2, 0) is 14.3 Å². The minimum absolute atomic E-state index is 0.268. The number of carbonyl (C=O) groups excluding carboxylic acids is 2. The number of piperidine rings is 1. The molecule has 1 rings (SSSR count). The number of hydrogen-bond donors (Lipinski definition) is 1. The average molecular weight is 300 g/mol. The highest BCUT2D eigenvalue weighted by molar-refractivity contribution is 5.75. The number of nitrogens with zero attached hydrogens (tertiary/aromatic N) is 1. The molecule has 21 heavy (non-hydrogen) atoms. The highest BCUT2D eigenvalue weighted by Crippen LogP contribution is 2.23. The lowest BCUT2D eigenvalue weighted by Crippen LogP contribution is -2.43. The average Bonchev–Trinajstić information content (AvgIpc) is 2.37. The van der Waals surface area contributed by atoms with E-state index >= 15 is 0 Å². The fourth-order valence-corrected chi connectivity index (χ4v) is 2.38. The maximum absolute atomic E-state index is 11.9. The van der Waals surface area contributed by atoms with Gasteiger partial charge in [-0.3, -0.25) is 4.79 Å². The van der Waals surface area contributed by atoms with Crippen molar-refractivity contribution in [1.82, 2.24) is 4.90 Å². The van der Waals surface area contributed by atoms with Gasteiger partial charge in [-0.15, -0.1) is 0 Å². The molecule has 1 aliphatic heterocycles. The third kappa shape index (κ3) is 6.33. The van der Waals surface area contributed by atoms with Gasteiger partial charge in [-0.25, -0.2) is 4.79 Å². The molecule has 0 aromatic carbocycles. The molecule has 0 saturated carbocycles. The molecule has 0 radical (unpaired) electrons. The first-order valence-corrected chi connectivity index (χ1v) is 7.63. The topological polar surface area (TPSA) is 81.9 Å². The van der Waals surface area contributed by atoms with Crippen LogP contribution in [-0.4, -0.2) is 48.3 Å². The van der Waals surface area contributed by atoms with E-state index in [4.69, 9.17) is 15.2 Å². The van der Waals surface area contributed by atoms with Gasteiger partial charge in [0.05, 0.1) is 6.61 Å². The Morgan fingerprint density at radius 2 is 1.86 bits per heavy atom. The summed E-state index contributed by atoms with van der Waals surface area (Å²) in [7, 11) is 0. The van der Waals surface area contributed by atoms with E-state index in [2.05, 4.69) is 0 Å². The van der Waals surface area contributed by atoms with E-state index in [-0.39, 0.29) is 12.1 Å². The molecule has 1 atom stereocenters. The summed E-state index contributed by atoms with van der Waals surface area (Å²) in [5.74, 6) is 0.00941. The van der Waals surface area contributed by atoms with Gasteiger partial charge in [0.15, 0.2) is 0 Å². The number of esters is 1. The summed E-state index contributed by atoms with van der Waals surface area (Å²) in [4.78, 5) is 25.2. The fourth-order valence-electron chi connectivity index (χ4n) is 2.38. The quantitative estimate of drug-likeness (QED) is 0.802. The summed E-state index contributed by atoms with van der Waals surface area (Å²) in [6, 6.07) is -0.567. The Labute approximate surface area is 126 Å². The van der Waals surface area contributed by atoms with Crippen LogP contribution in [0.25, 0.3) is 0 Å². The third-order valence-corrected chi connectivity index (χ3v) is 3.44. The molecule has 1 amide bonds. The molecule has 6 nitrogen and oxygen atoms in total. The van der Waals surface area contributed by atoms with Crippen LogP contribution in [0.5, 0.6) is 0 Å². The molecule has 0 spiro atoms. The van der Waals surface area contributed by atoms with Crippen molar-refractivity contribution < 1.29 is 19.1 Å². The second kappa shape index (κ2) is 7.64. The molecule has 0 aromatic heterocycles. The van der Waals surface area contributed by atoms with Gasteiger partial charge in [0.1, 0.15) is 11.6 Å². The molecular formula is C15H28N2O4. The van der Waals surface area contributed by atoms with Crippen LogP contribution >= 0.6 is 0 Å². The molecule has 0 aliphatic carbocycles. The van der Waals surface area contributed by atoms with Crippen molar-refractivity contribution in [2.75, 3.05) is 19.7 Å². The van der Waals surface area contributed by atoms with Crippen molar-refractivity contribution >= 4 is 12.1 Å². The van der Waals surface area contributed by atoms with Crippen molar-refractivity contribution in [2.24, 2.45) is 11.7 Å². The van der Waals surface area contributed by atoms with E-state index in [0.717, 1.165) is 12.8 Å². The predicted molar refractivity (Wildman–Crippen MR) is 79.8 cm³/mol. The summed E-state index contributed by atoms with van der Waals surface area (Å²) in [6.07, 6.45) is 2.02. The molecule has 6 heteroatoms. The SMILES string of the molecule is CCOC(=O)C(N)CC1CCN(C(=O)OC(C)(C)C)CC1. The zero-order valence-corrected chi connectivity index (χ0v) is 13.6. The van der Waals surface area contributed by atoms with Gasteiger partial charge < -0.3 is 20.1 Å². The number of ether oxygens (including phenoxy) is 2. The number of carbonyl (C=O) groups is 2. The Bertz CT molecular complexity index is 357. The summed E-state index contributed by atoms with van der Waals surface area (Å²) in [5.41, 5.74) is 5.36. The van der Waals surface area contributed by atoms with Crippen LogP contribution < -0.4 is 5.73 Å². The molecule has 0 aromatic rings. The van der Waals surface area contributed by atoms with Gasteiger partial charge in [0.2, 0.25) is 0 Å². The fraction of sp³-hybridized carbons (Fsp3) is 0.867. The zero-order valence-electron chi connectivity index (χ0n) is 13.6. The van der Waals surface area contributed by atoms with E-state index in [1.165, 1.54) is 0 Å². The molecule has 122 valence electrons. The van der Waals surface area contributed by atoms with E-state index in [9.17, 15) is 9.59 Å². The lowest BCUT2D eigenvalue weighted by atomic mass is 9.90. The Morgan fingerprint density at radius 1 is 1.29 bits per heavy atom. The highest BCUT2D eigenvalue weighted by atomic mass is 16.6. The first-order valence-electron chi connectivity index (χ1n) is 7.63. The maximum Gasteiger partial charge on any atom is 0.410 e. The monoisotopic (exact) mass is 300 g/mol. The summed E-state index contributed by atoms with van der Waals surface area (Å²) in [6.45, 7) is 8.99. The summed E-state index contributed by atoms with van der Waals surface area (Å²) < 4.78 is 10.3. The van der Waals surface area contributed by atoms with Crippen molar-refractivity contribution in [2.45, 2.75) is 58.6 Å². The minimum atomic E-state index is -0.567. The van der Waals surface area contributed by atoms with Gasteiger partial charge in [0.25, 0.3) is 0 Å². The normalized spacial score (nSPS) is 18.2. The molecule has 1 aliphatic rings. The predicted octanol–water partition coefficient (Wildman–Crippen LogP) is 1.91. The largest absolute Gasteiger partial charge is 0.465 e. The standard InChI is InChI=1S/C15H28N2O4/c1-5-20-13(18)12(16)10-11-6-8-17(9-7-11)14(19)21-15(2,3)4/h11-12H,5-10,16H2,1-4H3. The lowest BCUT2D eigenvalue weighted by Gasteiger charge is -2.34. The Morgan fingerprint density at radius 3 is 2.33 bits per heavy atom. The maximum atomic E-state index is 11.9. The van der Waals surface area contributed by atoms with Gasteiger partial charge >= 0.3 is 12.1 Å². The zero-order chi connectivity index (χ0) is 16.0. The Hall–Kier alpha value is -1.30. The van der Waals surface area contributed by atoms with Crippen molar-refractivity contribution in [3.63, 3.8) is 0 Å². The van der Waals surface area contributed by atoms with Crippen LogP contribution in [0.4, 0.5) is 4.79 Å². The Balaban J connectivity index is 2.35. The van der Waals surface area contributed by atoms with Gasteiger partial charge in [-0.1, -0.05) is 0 Å². The summed E-state index contributed by atoms with van der Waals surface area (Å²) >= 11 is 0. The first-order chi connectivity index (χ1) is 9.73. The van der Waals surface area contributed by atoms with Gasteiger partial charge in [-0.05, 0) is 52.9 Å². The van der Waals surface area contributed by atoms with Crippen LogP contribution in [0.15, 0.2) is 0 Å². The summed E-state index contributed by atoms with van der Waals surface area (Å²) in [5, 5.41) is 0. The van der Waals surface area contributed by atoms with E-state index in [1.54, 1.807) is 11.8 Å². The highest BCUT2D eigenvalue weighted by Gasteiger charge is 2.28. The van der Waals surface area contributed by atoms with Gasteiger partial charge in [0, 0.05) is 13.1 Å². The number of likely N-dealkylation sites (tertiary alicyclic amines) is 1. The molecule has 1 unspecified atom stereocenters. The minimum Gasteiger partial charge on any atom is -0.465 e. The third-order valence-electron chi connectivity index (χ3n) is 3.44. The van der Waals surface area contributed by atoms with Crippen molar-refractivity contribution in [3.8, 4) is 0 Å². The van der Waals surface area contributed by atoms with Crippen LogP contribution in [0.3, 0.4) is 0 Å². The second-order valence-electron chi connectivity index (χ2n) is 6.51. The molecule has 1 saturated heterocycles. The van der Waals surface area contributed by atoms with Gasteiger partial charge in [-0.2, -0.15) is 0 Å². The van der Waals surface area contributed by atoms with Crippen molar-refractivity contribution in [1.29, 1.82) is 0 Å². The second-order valence-corrected chi connectivity index (χ2v) is 6.51. The van der Waals surface area contributed by atoms with Crippen LogP contribution in [0.2, 0.25) is 0 Å². The number of hydrogen-bond acceptors (Lipinski definition) is 5. The van der Waals surface area contributed by atoms with Crippen LogP contribution in [0, 0.1) is 5.92 Å². The smallest absolute Gasteiger partial charge is 0.410 e. The molecule has 1 fully saturated rings. The number of nitrogens with two attached hydrogens (primary N) is 1. The molecule has 1 heterocycles.